The van der Waals surface area contributed by atoms with E-state index < -0.39 is 17.7 Å². The summed E-state index contributed by atoms with van der Waals surface area (Å²) < 4.78 is 40.2. The molecule has 0 aliphatic rings. The topological polar surface area (TPSA) is 39.2 Å². The Kier molecular flexibility index (Phi) is 3.24. The molecular formula is C9H6F3NO2S. The third-order valence-electron chi connectivity index (χ3n) is 1.64. The number of hydrogen-bond donors (Lipinski definition) is 0. The van der Waals surface area contributed by atoms with Gasteiger partial charge in [-0.3, -0.25) is 0 Å². The molecule has 0 radical (unpaired) electrons. The molecular weight excluding hydrogens is 243 g/mol. The summed E-state index contributed by atoms with van der Waals surface area (Å²) in [5.74, 6) is -0.342. The van der Waals surface area contributed by atoms with E-state index in [0.717, 1.165) is 11.3 Å². The van der Waals surface area contributed by atoms with Crippen LogP contribution in [0, 0.1) is 12.3 Å². The molecule has 1 rings (SSSR count). The normalized spacial score (nSPS) is 14.9. The SMILES string of the molecule is C#CC(C)(OC(=O)C(F)(F)F)c1nccs1. The molecule has 0 saturated heterocycles. The number of halogens is 3. The smallest absolute Gasteiger partial charge is 0.432 e. The average Bonchev–Trinajstić information content (AvgIpc) is 2.69. The molecule has 0 aliphatic carbocycles. The fourth-order valence-electron chi connectivity index (χ4n) is 0.837. The molecule has 0 bridgehead atoms. The number of carbonyl (C=O) groups is 1. The summed E-state index contributed by atoms with van der Waals surface area (Å²) in [6.45, 7) is 1.18. The van der Waals surface area contributed by atoms with Gasteiger partial charge >= 0.3 is 12.1 Å². The van der Waals surface area contributed by atoms with Crippen molar-refractivity contribution in [2.45, 2.75) is 18.7 Å². The van der Waals surface area contributed by atoms with Crippen LogP contribution in [0.15, 0.2) is 11.6 Å². The van der Waals surface area contributed by atoms with Gasteiger partial charge in [0.15, 0.2) is 0 Å². The predicted molar refractivity (Wildman–Crippen MR) is 50.4 cm³/mol. The second-order valence-electron chi connectivity index (χ2n) is 2.90. The van der Waals surface area contributed by atoms with Gasteiger partial charge < -0.3 is 4.74 Å². The summed E-state index contributed by atoms with van der Waals surface area (Å²) >= 11 is 1.01. The van der Waals surface area contributed by atoms with Crippen molar-refractivity contribution in [2.24, 2.45) is 0 Å². The van der Waals surface area contributed by atoms with Crippen LogP contribution in [0.4, 0.5) is 13.2 Å². The van der Waals surface area contributed by atoms with E-state index >= 15 is 0 Å². The third kappa shape index (κ3) is 2.52. The van der Waals surface area contributed by atoms with Crippen LogP contribution in [0.2, 0.25) is 0 Å². The molecule has 1 unspecified atom stereocenters. The second kappa shape index (κ2) is 4.14. The van der Waals surface area contributed by atoms with Gasteiger partial charge in [0.25, 0.3) is 0 Å². The number of ether oxygens (including phenoxy) is 1. The number of terminal acetylenes is 1. The molecule has 1 aromatic rings. The Balaban J connectivity index is 2.94. The van der Waals surface area contributed by atoms with Gasteiger partial charge in [0.05, 0.1) is 0 Å². The first-order chi connectivity index (χ1) is 7.29. The number of alkyl halides is 3. The standard InChI is InChI=1S/C9H6F3NO2S/c1-3-8(2,6-13-4-5-16-6)15-7(14)9(10,11)12/h1,4-5H,2H3. The quantitative estimate of drug-likeness (QED) is 0.595. The van der Waals surface area contributed by atoms with Crippen LogP contribution in [0.5, 0.6) is 0 Å². The lowest BCUT2D eigenvalue weighted by Gasteiger charge is -2.21. The van der Waals surface area contributed by atoms with Crippen molar-refractivity contribution in [1.29, 1.82) is 0 Å². The third-order valence-corrected chi connectivity index (χ3v) is 2.62. The molecule has 0 amide bonds. The van der Waals surface area contributed by atoms with E-state index in [4.69, 9.17) is 6.42 Å². The highest BCUT2D eigenvalue weighted by Crippen LogP contribution is 2.29. The van der Waals surface area contributed by atoms with Gasteiger partial charge in [0, 0.05) is 11.6 Å². The van der Waals surface area contributed by atoms with E-state index in [1.54, 1.807) is 0 Å². The van der Waals surface area contributed by atoms with E-state index in [-0.39, 0.29) is 5.01 Å². The minimum Gasteiger partial charge on any atom is -0.432 e. The number of hydrogen-bond acceptors (Lipinski definition) is 4. The van der Waals surface area contributed by atoms with Crippen LogP contribution in [0.3, 0.4) is 0 Å². The first kappa shape index (κ1) is 12.5. The van der Waals surface area contributed by atoms with Gasteiger partial charge in [-0.1, -0.05) is 5.92 Å². The summed E-state index contributed by atoms with van der Waals surface area (Å²) in [6, 6.07) is 0. The zero-order chi connectivity index (χ0) is 12.4. The maximum atomic E-state index is 12.0. The van der Waals surface area contributed by atoms with Gasteiger partial charge in [-0.2, -0.15) is 13.2 Å². The van der Waals surface area contributed by atoms with Gasteiger partial charge in [-0.15, -0.1) is 17.8 Å². The average molecular weight is 249 g/mol. The Morgan fingerprint density at radius 3 is 2.62 bits per heavy atom. The van der Waals surface area contributed by atoms with Crippen molar-refractivity contribution in [1.82, 2.24) is 4.98 Å². The molecule has 3 nitrogen and oxygen atoms in total. The Hall–Kier alpha value is -1.55. The maximum Gasteiger partial charge on any atom is 0.490 e. The lowest BCUT2D eigenvalue weighted by atomic mass is 10.1. The van der Waals surface area contributed by atoms with Gasteiger partial charge in [0.2, 0.25) is 5.60 Å². The molecule has 1 atom stereocenters. The first-order valence-electron chi connectivity index (χ1n) is 3.97. The number of aromatic nitrogens is 1. The van der Waals surface area contributed by atoms with Crippen LogP contribution < -0.4 is 0 Å². The molecule has 1 aromatic heterocycles. The monoisotopic (exact) mass is 249 g/mol. The van der Waals surface area contributed by atoms with Crippen LogP contribution in [0.1, 0.15) is 11.9 Å². The van der Waals surface area contributed by atoms with E-state index in [9.17, 15) is 18.0 Å². The summed E-state index contributed by atoms with van der Waals surface area (Å²) in [4.78, 5) is 14.4. The molecule has 0 fully saturated rings. The fraction of sp³-hybridized carbons (Fsp3) is 0.333. The van der Waals surface area contributed by atoms with Crippen LogP contribution in [-0.2, 0) is 15.1 Å². The number of thiazole rings is 1. The number of rotatable bonds is 2. The van der Waals surface area contributed by atoms with E-state index in [0.29, 0.717) is 0 Å². The van der Waals surface area contributed by atoms with Crippen molar-refractivity contribution in [3.8, 4) is 12.3 Å². The highest BCUT2D eigenvalue weighted by atomic mass is 32.1. The minimum absolute atomic E-state index is 0.118. The minimum atomic E-state index is -5.07. The Labute approximate surface area is 93.3 Å². The molecule has 7 heteroatoms. The van der Waals surface area contributed by atoms with Crippen LogP contribution in [0.25, 0.3) is 0 Å². The molecule has 0 aromatic carbocycles. The van der Waals surface area contributed by atoms with E-state index in [1.807, 2.05) is 5.92 Å². The zero-order valence-corrected chi connectivity index (χ0v) is 8.85. The Bertz CT molecular complexity index is 421. The van der Waals surface area contributed by atoms with Crippen molar-refractivity contribution in [3.05, 3.63) is 16.6 Å². The Morgan fingerprint density at radius 2 is 2.25 bits per heavy atom. The lowest BCUT2D eigenvalue weighted by Crippen LogP contribution is -2.35. The second-order valence-corrected chi connectivity index (χ2v) is 3.80. The fourth-order valence-corrected chi connectivity index (χ4v) is 1.53. The molecule has 86 valence electrons. The molecule has 0 N–H and O–H groups in total. The summed E-state index contributed by atoms with van der Waals surface area (Å²) in [7, 11) is 0. The predicted octanol–water partition coefficient (Wildman–Crippen LogP) is 2.10. The zero-order valence-electron chi connectivity index (χ0n) is 8.04. The molecule has 0 spiro atoms. The molecule has 0 aliphatic heterocycles. The van der Waals surface area contributed by atoms with Crippen LogP contribution in [-0.4, -0.2) is 17.1 Å². The lowest BCUT2D eigenvalue weighted by molar-refractivity contribution is -0.209. The van der Waals surface area contributed by atoms with Gasteiger partial charge in [-0.25, -0.2) is 9.78 Å². The summed E-state index contributed by atoms with van der Waals surface area (Å²) in [6.07, 6.45) is 1.35. The van der Waals surface area contributed by atoms with Crippen molar-refractivity contribution in [2.75, 3.05) is 0 Å². The van der Waals surface area contributed by atoms with E-state index in [2.05, 4.69) is 9.72 Å². The summed E-state index contributed by atoms with van der Waals surface area (Å²) in [5, 5.41) is 1.64. The van der Waals surface area contributed by atoms with Crippen LogP contribution >= 0.6 is 11.3 Å². The van der Waals surface area contributed by atoms with Crippen molar-refractivity contribution < 1.29 is 22.7 Å². The molecule has 0 saturated carbocycles. The van der Waals surface area contributed by atoms with Gasteiger partial charge in [-0.05, 0) is 6.92 Å². The maximum absolute atomic E-state index is 12.0. The molecule has 1 heterocycles. The number of carbonyl (C=O) groups excluding carboxylic acids is 1. The van der Waals surface area contributed by atoms with Crippen molar-refractivity contribution >= 4 is 17.3 Å². The molecule has 16 heavy (non-hydrogen) atoms. The van der Waals surface area contributed by atoms with Gasteiger partial charge in [0.1, 0.15) is 5.01 Å². The highest BCUT2D eigenvalue weighted by molar-refractivity contribution is 7.09. The largest absolute Gasteiger partial charge is 0.490 e. The number of esters is 1. The van der Waals surface area contributed by atoms with E-state index in [1.165, 1.54) is 18.5 Å². The number of nitrogens with zero attached hydrogens (tertiary/aromatic N) is 1. The Morgan fingerprint density at radius 1 is 1.62 bits per heavy atom. The summed E-state index contributed by atoms with van der Waals surface area (Å²) in [5.41, 5.74) is -1.79. The van der Waals surface area contributed by atoms with Crippen molar-refractivity contribution in [3.63, 3.8) is 0 Å². The first-order valence-corrected chi connectivity index (χ1v) is 4.85. The highest BCUT2D eigenvalue weighted by Gasteiger charge is 2.45.